The number of oxazole rings is 1. The minimum Gasteiger partial charge on any atom is -0.441 e. The van der Waals surface area contributed by atoms with Gasteiger partial charge in [-0.1, -0.05) is 6.07 Å². The number of hydrogen-bond acceptors (Lipinski definition) is 4. The van der Waals surface area contributed by atoms with Gasteiger partial charge in [-0.3, -0.25) is 0 Å². The lowest BCUT2D eigenvalue weighted by Crippen LogP contribution is -2.64. The van der Waals surface area contributed by atoms with E-state index in [1.807, 2.05) is 26.8 Å². The van der Waals surface area contributed by atoms with Crippen LogP contribution in [-0.4, -0.2) is 23.7 Å². The van der Waals surface area contributed by atoms with Crippen LogP contribution >= 0.6 is 0 Å². The Bertz CT molecular complexity index is 591. The van der Waals surface area contributed by atoms with Gasteiger partial charge in [-0.05, 0) is 31.5 Å². The van der Waals surface area contributed by atoms with Gasteiger partial charge in [-0.2, -0.15) is 0 Å². The maximum atomic E-state index is 6.33. The standard InChI is InChI=1S/C14H18N2O2/c1-9-16-11-6-10(4-5-12(11)18-9)14(7-17-8-14)13(2,3)15/h4-6H,7-8,15H2,1-3H3. The monoisotopic (exact) mass is 246 g/mol. The summed E-state index contributed by atoms with van der Waals surface area (Å²) in [5.41, 5.74) is 8.79. The van der Waals surface area contributed by atoms with E-state index < -0.39 is 0 Å². The molecule has 2 heterocycles. The van der Waals surface area contributed by atoms with Crippen molar-refractivity contribution in [1.82, 2.24) is 4.98 Å². The number of fused-ring (bicyclic) bond motifs is 1. The molecule has 0 radical (unpaired) electrons. The Morgan fingerprint density at radius 1 is 1.33 bits per heavy atom. The first-order chi connectivity index (χ1) is 8.42. The Kier molecular flexibility index (Phi) is 2.31. The number of benzene rings is 1. The van der Waals surface area contributed by atoms with Crippen LogP contribution < -0.4 is 5.73 Å². The molecular formula is C14H18N2O2. The molecule has 0 saturated carbocycles. The molecule has 18 heavy (non-hydrogen) atoms. The predicted molar refractivity (Wildman–Crippen MR) is 69.5 cm³/mol. The van der Waals surface area contributed by atoms with Gasteiger partial charge in [0.2, 0.25) is 0 Å². The molecule has 0 atom stereocenters. The molecule has 3 rings (SSSR count). The van der Waals surface area contributed by atoms with Crippen LogP contribution in [0.4, 0.5) is 0 Å². The lowest BCUT2D eigenvalue weighted by atomic mass is 9.66. The van der Waals surface area contributed by atoms with E-state index in [-0.39, 0.29) is 11.0 Å². The van der Waals surface area contributed by atoms with Crippen LogP contribution in [0, 0.1) is 6.92 Å². The van der Waals surface area contributed by atoms with Gasteiger partial charge in [0.05, 0.1) is 18.6 Å². The van der Waals surface area contributed by atoms with Crippen molar-refractivity contribution in [3.63, 3.8) is 0 Å². The summed E-state index contributed by atoms with van der Waals surface area (Å²) in [6.07, 6.45) is 0. The molecule has 2 aromatic rings. The fourth-order valence-corrected chi connectivity index (χ4v) is 2.56. The van der Waals surface area contributed by atoms with E-state index in [9.17, 15) is 0 Å². The van der Waals surface area contributed by atoms with Crippen molar-refractivity contribution in [3.05, 3.63) is 29.7 Å². The number of nitrogens with zero attached hydrogens (tertiary/aromatic N) is 1. The van der Waals surface area contributed by atoms with Crippen molar-refractivity contribution in [2.75, 3.05) is 13.2 Å². The van der Waals surface area contributed by atoms with E-state index in [0.29, 0.717) is 19.1 Å². The smallest absolute Gasteiger partial charge is 0.192 e. The van der Waals surface area contributed by atoms with Crippen LogP contribution in [0.5, 0.6) is 0 Å². The summed E-state index contributed by atoms with van der Waals surface area (Å²) in [6.45, 7) is 7.29. The summed E-state index contributed by atoms with van der Waals surface area (Å²) in [5, 5.41) is 0. The van der Waals surface area contributed by atoms with Gasteiger partial charge in [-0.25, -0.2) is 4.98 Å². The summed E-state index contributed by atoms with van der Waals surface area (Å²) in [6, 6.07) is 6.11. The Hall–Kier alpha value is -1.39. The van der Waals surface area contributed by atoms with E-state index in [1.54, 1.807) is 0 Å². The van der Waals surface area contributed by atoms with Crippen LogP contribution in [0.3, 0.4) is 0 Å². The first-order valence-corrected chi connectivity index (χ1v) is 6.17. The Balaban J connectivity index is 2.13. The van der Waals surface area contributed by atoms with Gasteiger partial charge < -0.3 is 14.9 Å². The maximum Gasteiger partial charge on any atom is 0.192 e. The quantitative estimate of drug-likeness (QED) is 0.882. The zero-order chi connectivity index (χ0) is 13.0. The summed E-state index contributed by atoms with van der Waals surface area (Å²) in [4.78, 5) is 4.38. The summed E-state index contributed by atoms with van der Waals surface area (Å²) in [5.74, 6) is 0.688. The van der Waals surface area contributed by atoms with Crippen molar-refractivity contribution in [2.45, 2.75) is 31.7 Å². The van der Waals surface area contributed by atoms with E-state index in [0.717, 1.165) is 11.1 Å². The highest BCUT2D eigenvalue weighted by molar-refractivity contribution is 5.74. The molecule has 4 nitrogen and oxygen atoms in total. The van der Waals surface area contributed by atoms with Gasteiger partial charge in [0.15, 0.2) is 11.5 Å². The average Bonchev–Trinajstić information content (AvgIpc) is 2.52. The molecule has 0 spiro atoms. The lowest BCUT2D eigenvalue weighted by Gasteiger charge is -2.51. The van der Waals surface area contributed by atoms with E-state index >= 15 is 0 Å². The Morgan fingerprint density at radius 3 is 2.61 bits per heavy atom. The third kappa shape index (κ3) is 1.49. The highest BCUT2D eigenvalue weighted by Gasteiger charge is 2.50. The molecule has 0 unspecified atom stereocenters. The SMILES string of the molecule is Cc1nc2cc(C3(C(C)(C)N)COC3)ccc2o1. The van der Waals surface area contributed by atoms with Crippen molar-refractivity contribution < 1.29 is 9.15 Å². The van der Waals surface area contributed by atoms with Crippen LogP contribution in [0.1, 0.15) is 25.3 Å². The zero-order valence-corrected chi connectivity index (χ0v) is 11.0. The van der Waals surface area contributed by atoms with Crippen LogP contribution in [0.25, 0.3) is 11.1 Å². The van der Waals surface area contributed by atoms with Crippen molar-refractivity contribution in [3.8, 4) is 0 Å². The molecule has 0 bridgehead atoms. The second-order valence-electron chi connectivity index (χ2n) is 5.71. The maximum absolute atomic E-state index is 6.33. The van der Waals surface area contributed by atoms with Crippen LogP contribution in [0.15, 0.2) is 22.6 Å². The number of hydrogen-bond donors (Lipinski definition) is 1. The van der Waals surface area contributed by atoms with E-state index in [1.165, 1.54) is 5.56 Å². The molecule has 1 aromatic heterocycles. The molecular weight excluding hydrogens is 228 g/mol. The Morgan fingerprint density at radius 2 is 2.06 bits per heavy atom. The molecule has 96 valence electrons. The average molecular weight is 246 g/mol. The second-order valence-corrected chi connectivity index (χ2v) is 5.71. The van der Waals surface area contributed by atoms with Gasteiger partial charge in [0.1, 0.15) is 5.52 Å². The molecule has 0 amide bonds. The first kappa shape index (κ1) is 11.7. The van der Waals surface area contributed by atoms with Crippen LogP contribution in [0.2, 0.25) is 0 Å². The number of aromatic nitrogens is 1. The number of ether oxygens (including phenoxy) is 1. The summed E-state index contributed by atoms with van der Waals surface area (Å²) < 4.78 is 10.9. The predicted octanol–water partition coefficient (Wildman–Crippen LogP) is 2.14. The minimum absolute atomic E-state index is 0.117. The van der Waals surface area contributed by atoms with E-state index in [4.69, 9.17) is 14.9 Å². The number of nitrogens with two attached hydrogens (primary N) is 1. The molecule has 4 heteroatoms. The van der Waals surface area contributed by atoms with Gasteiger partial charge in [-0.15, -0.1) is 0 Å². The fraction of sp³-hybridized carbons (Fsp3) is 0.500. The van der Waals surface area contributed by atoms with E-state index in [2.05, 4.69) is 17.1 Å². The van der Waals surface area contributed by atoms with Gasteiger partial charge >= 0.3 is 0 Å². The molecule has 2 N–H and O–H groups in total. The summed E-state index contributed by atoms with van der Waals surface area (Å²) >= 11 is 0. The second kappa shape index (κ2) is 3.56. The molecule has 1 aliphatic heterocycles. The lowest BCUT2D eigenvalue weighted by molar-refractivity contribution is -0.0918. The highest BCUT2D eigenvalue weighted by Crippen LogP contribution is 2.41. The number of aryl methyl sites for hydroxylation is 1. The minimum atomic E-state index is -0.322. The molecule has 1 saturated heterocycles. The highest BCUT2D eigenvalue weighted by atomic mass is 16.5. The van der Waals surface area contributed by atoms with Crippen molar-refractivity contribution >= 4 is 11.1 Å². The van der Waals surface area contributed by atoms with Gasteiger partial charge in [0.25, 0.3) is 0 Å². The van der Waals surface area contributed by atoms with Crippen LogP contribution in [-0.2, 0) is 10.2 Å². The molecule has 1 aromatic carbocycles. The molecule has 1 fully saturated rings. The van der Waals surface area contributed by atoms with Crippen molar-refractivity contribution in [1.29, 1.82) is 0 Å². The molecule has 1 aliphatic rings. The zero-order valence-electron chi connectivity index (χ0n) is 11.0. The first-order valence-electron chi connectivity index (χ1n) is 6.17. The number of rotatable bonds is 2. The van der Waals surface area contributed by atoms with Crippen molar-refractivity contribution in [2.24, 2.45) is 5.73 Å². The van der Waals surface area contributed by atoms with Gasteiger partial charge in [0, 0.05) is 12.5 Å². The third-order valence-electron chi connectivity index (χ3n) is 3.98. The topological polar surface area (TPSA) is 61.3 Å². The largest absolute Gasteiger partial charge is 0.441 e. The third-order valence-corrected chi connectivity index (χ3v) is 3.98. The summed E-state index contributed by atoms with van der Waals surface area (Å²) in [7, 11) is 0. The molecule has 0 aliphatic carbocycles. The fourth-order valence-electron chi connectivity index (χ4n) is 2.56. The Labute approximate surface area is 106 Å². The normalized spacial score (nSPS) is 18.9.